The molecule has 1 aliphatic rings. The molecule has 1 aliphatic heterocycles. The van der Waals surface area contributed by atoms with Crippen LogP contribution in [0.1, 0.15) is 30.0 Å². The van der Waals surface area contributed by atoms with Gasteiger partial charge in [-0.1, -0.05) is 54.6 Å². The van der Waals surface area contributed by atoms with Crippen molar-refractivity contribution in [3.8, 4) is 0 Å². The number of halogens is 1. The lowest BCUT2D eigenvalue weighted by Crippen LogP contribution is -2.44. The number of hydrogen-bond donors (Lipinski definition) is 2. The Kier molecular flexibility index (Phi) is 10.1. The highest BCUT2D eigenvalue weighted by Gasteiger charge is 2.28. The highest BCUT2D eigenvalue weighted by Crippen LogP contribution is 2.12. The lowest BCUT2D eigenvalue weighted by Gasteiger charge is -2.15. The van der Waals surface area contributed by atoms with Gasteiger partial charge < -0.3 is 15.4 Å². The molecule has 1 unspecified atom stereocenters. The third kappa shape index (κ3) is 8.23. The largest absolute Gasteiger partial charge is 0.372 e. The van der Waals surface area contributed by atoms with Gasteiger partial charge in [-0.3, -0.25) is 0 Å². The molecular weight excluding hydrogens is 513 g/mol. The molecular formula is C22H30IN3O3S. The molecule has 0 aliphatic carbocycles. The summed E-state index contributed by atoms with van der Waals surface area (Å²) < 4.78 is 29.0. The van der Waals surface area contributed by atoms with E-state index in [9.17, 15) is 8.42 Å². The van der Waals surface area contributed by atoms with Gasteiger partial charge in [0.25, 0.3) is 0 Å². The van der Waals surface area contributed by atoms with Gasteiger partial charge in [0.05, 0.1) is 31.3 Å². The first-order chi connectivity index (χ1) is 14.0. The van der Waals surface area contributed by atoms with E-state index in [0.29, 0.717) is 32.1 Å². The van der Waals surface area contributed by atoms with Crippen molar-refractivity contribution in [3.63, 3.8) is 0 Å². The van der Waals surface area contributed by atoms with E-state index >= 15 is 0 Å². The zero-order valence-electron chi connectivity index (χ0n) is 17.2. The molecule has 2 aromatic rings. The van der Waals surface area contributed by atoms with Crippen molar-refractivity contribution >= 4 is 39.8 Å². The van der Waals surface area contributed by atoms with Gasteiger partial charge in [-0.05, 0) is 30.0 Å². The van der Waals surface area contributed by atoms with Crippen LogP contribution in [0.5, 0.6) is 0 Å². The summed E-state index contributed by atoms with van der Waals surface area (Å²) in [5.74, 6) is 1.08. The lowest BCUT2D eigenvalue weighted by molar-refractivity contribution is 0.107. The maximum Gasteiger partial charge on any atom is 0.191 e. The molecule has 6 nitrogen and oxygen atoms in total. The van der Waals surface area contributed by atoms with Gasteiger partial charge in [0.15, 0.2) is 15.8 Å². The van der Waals surface area contributed by atoms with Gasteiger partial charge >= 0.3 is 0 Å². The Morgan fingerprint density at radius 1 is 1.03 bits per heavy atom. The van der Waals surface area contributed by atoms with Crippen LogP contribution in [-0.2, 0) is 34.3 Å². The predicted octanol–water partition coefficient (Wildman–Crippen LogP) is 3.26. The monoisotopic (exact) mass is 543 g/mol. The van der Waals surface area contributed by atoms with Crippen LogP contribution in [-0.4, -0.2) is 38.5 Å². The number of aliphatic imine (C=N–C) groups is 1. The molecule has 1 heterocycles. The fraction of sp³-hybridized carbons (Fsp3) is 0.409. The van der Waals surface area contributed by atoms with E-state index in [-0.39, 0.29) is 41.5 Å². The Hall–Kier alpha value is -1.65. The fourth-order valence-corrected chi connectivity index (χ4v) is 4.87. The van der Waals surface area contributed by atoms with Gasteiger partial charge in [-0.25, -0.2) is 13.4 Å². The molecule has 164 valence electrons. The quantitative estimate of drug-likeness (QED) is 0.304. The number of nitrogens with zero attached hydrogens (tertiary/aromatic N) is 1. The second kappa shape index (κ2) is 12.3. The molecule has 30 heavy (non-hydrogen) atoms. The van der Waals surface area contributed by atoms with Crippen LogP contribution in [0, 0.1) is 0 Å². The van der Waals surface area contributed by atoms with E-state index in [1.54, 1.807) is 0 Å². The summed E-state index contributed by atoms with van der Waals surface area (Å²) in [4.78, 5) is 4.59. The van der Waals surface area contributed by atoms with Crippen LogP contribution in [0.4, 0.5) is 0 Å². The summed E-state index contributed by atoms with van der Waals surface area (Å²) in [5.41, 5.74) is 3.37. The molecule has 0 amide bonds. The van der Waals surface area contributed by atoms with E-state index in [1.165, 1.54) is 0 Å². The molecule has 1 fully saturated rings. The minimum atomic E-state index is -2.91. The Labute approximate surface area is 196 Å². The van der Waals surface area contributed by atoms with Crippen molar-refractivity contribution in [1.29, 1.82) is 0 Å². The van der Waals surface area contributed by atoms with Crippen LogP contribution in [0.2, 0.25) is 0 Å². The van der Waals surface area contributed by atoms with Crippen molar-refractivity contribution in [2.24, 2.45) is 4.99 Å². The molecule has 2 aromatic carbocycles. The summed E-state index contributed by atoms with van der Waals surface area (Å²) in [5, 5.41) is 6.42. The second-order valence-electron chi connectivity index (χ2n) is 7.23. The van der Waals surface area contributed by atoms with E-state index in [4.69, 9.17) is 4.74 Å². The minimum Gasteiger partial charge on any atom is -0.372 e. The SMILES string of the molecule is CCNC(=NCc1ccc(COCc2ccccc2)cc1)NC1CCS(=O)(=O)C1.I. The maximum absolute atomic E-state index is 11.6. The maximum atomic E-state index is 11.6. The smallest absolute Gasteiger partial charge is 0.191 e. The molecule has 0 aromatic heterocycles. The Bertz CT molecular complexity index is 903. The van der Waals surface area contributed by atoms with E-state index < -0.39 is 9.84 Å². The molecule has 8 heteroatoms. The highest BCUT2D eigenvalue weighted by atomic mass is 127. The number of benzene rings is 2. The van der Waals surface area contributed by atoms with Crippen LogP contribution in [0.25, 0.3) is 0 Å². The van der Waals surface area contributed by atoms with Crippen molar-refractivity contribution in [1.82, 2.24) is 10.6 Å². The standard InChI is InChI=1S/C22H29N3O3S.HI/c1-2-23-22(25-21-12-13-29(26,27)17-21)24-14-18-8-10-20(11-9-18)16-28-15-19-6-4-3-5-7-19;/h3-11,21H,2,12-17H2,1H3,(H2,23,24,25);1H. The highest BCUT2D eigenvalue weighted by molar-refractivity contribution is 14.0. The summed E-state index contributed by atoms with van der Waals surface area (Å²) in [6.45, 7) is 4.41. The fourth-order valence-electron chi connectivity index (χ4n) is 3.19. The number of guanidine groups is 1. The van der Waals surface area contributed by atoms with E-state index in [2.05, 4.69) is 39.9 Å². The molecule has 3 rings (SSSR count). The number of rotatable bonds is 8. The zero-order valence-corrected chi connectivity index (χ0v) is 20.4. The number of hydrogen-bond acceptors (Lipinski definition) is 4. The van der Waals surface area contributed by atoms with Gasteiger partial charge in [0.2, 0.25) is 0 Å². The van der Waals surface area contributed by atoms with Crippen LogP contribution in [0.3, 0.4) is 0 Å². The molecule has 1 atom stereocenters. The average molecular weight is 543 g/mol. The first kappa shape index (κ1) is 24.6. The summed E-state index contributed by atoms with van der Waals surface area (Å²) in [6, 6.07) is 18.3. The first-order valence-electron chi connectivity index (χ1n) is 9.99. The molecule has 0 bridgehead atoms. The molecule has 0 radical (unpaired) electrons. The normalized spacial score (nSPS) is 17.9. The Balaban J connectivity index is 0.00000320. The third-order valence-electron chi connectivity index (χ3n) is 4.74. The van der Waals surface area contributed by atoms with Gasteiger partial charge in [0.1, 0.15) is 0 Å². The Morgan fingerprint density at radius 2 is 1.67 bits per heavy atom. The molecule has 0 saturated carbocycles. The van der Waals surface area contributed by atoms with E-state index in [0.717, 1.165) is 23.2 Å². The third-order valence-corrected chi connectivity index (χ3v) is 6.51. The Morgan fingerprint density at radius 3 is 2.27 bits per heavy atom. The second-order valence-corrected chi connectivity index (χ2v) is 9.46. The number of ether oxygens (including phenoxy) is 1. The minimum absolute atomic E-state index is 0. The first-order valence-corrected chi connectivity index (χ1v) is 11.8. The number of nitrogens with one attached hydrogen (secondary N) is 2. The topological polar surface area (TPSA) is 79.8 Å². The van der Waals surface area contributed by atoms with Crippen molar-refractivity contribution in [3.05, 3.63) is 71.3 Å². The van der Waals surface area contributed by atoms with Gasteiger partial charge in [0, 0.05) is 12.6 Å². The predicted molar refractivity (Wildman–Crippen MR) is 132 cm³/mol. The zero-order chi connectivity index (χ0) is 20.5. The number of sulfone groups is 1. The lowest BCUT2D eigenvalue weighted by atomic mass is 10.1. The van der Waals surface area contributed by atoms with Crippen molar-refractivity contribution in [2.45, 2.75) is 39.1 Å². The summed E-state index contributed by atoms with van der Waals surface area (Å²) >= 11 is 0. The van der Waals surface area contributed by atoms with E-state index in [1.807, 2.05) is 37.3 Å². The molecule has 2 N–H and O–H groups in total. The summed E-state index contributed by atoms with van der Waals surface area (Å²) in [6.07, 6.45) is 0.629. The molecule has 1 saturated heterocycles. The molecule has 0 spiro atoms. The van der Waals surface area contributed by atoms with Gasteiger partial charge in [-0.2, -0.15) is 0 Å². The van der Waals surface area contributed by atoms with Crippen molar-refractivity contribution < 1.29 is 13.2 Å². The van der Waals surface area contributed by atoms with Gasteiger partial charge in [-0.15, -0.1) is 24.0 Å². The van der Waals surface area contributed by atoms with Crippen LogP contribution < -0.4 is 10.6 Å². The average Bonchev–Trinajstić information content (AvgIpc) is 3.06. The summed E-state index contributed by atoms with van der Waals surface area (Å²) in [7, 11) is -2.91. The van der Waals surface area contributed by atoms with Crippen LogP contribution >= 0.6 is 24.0 Å². The van der Waals surface area contributed by atoms with Crippen LogP contribution in [0.15, 0.2) is 59.6 Å². The van der Waals surface area contributed by atoms with Crippen molar-refractivity contribution in [2.75, 3.05) is 18.1 Å².